The highest BCUT2D eigenvalue weighted by atomic mass is 16.5. The second-order valence-corrected chi connectivity index (χ2v) is 6.78. The molecular formula is C21H26N2O3. The van der Waals surface area contributed by atoms with Gasteiger partial charge >= 0.3 is 0 Å². The van der Waals surface area contributed by atoms with Crippen molar-refractivity contribution in [2.45, 2.75) is 50.7 Å². The van der Waals surface area contributed by atoms with Crippen LogP contribution >= 0.6 is 0 Å². The fourth-order valence-corrected chi connectivity index (χ4v) is 3.24. The van der Waals surface area contributed by atoms with Gasteiger partial charge in [0.25, 0.3) is 0 Å². The molecule has 26 heavy (non-hydrogen) atoms. The van der Waals surface area contributed by atoms with E-state index in [1.807, 2.05) is 48.5 Å². The van der Waals surface area contributed by atoms with Crippen LogP contribution in [0.1, 0.15) is 37.7 Å². The maximum atomic E-state index is 12.1. The number of para-hydroxylation sites is 1. The number of benzene rings is 2. The number of nitrogens with two attached hydrogens (primary N) is 1. The minimum atomic E-state index is -0.395. The number of carbonyl (C=O) groups excluding carboxylic acids is 1. The summed E-state index contributed by atoms with van der Waals surface area (Å²) in [5.41, 5.74) is 8.33. The van der Waals surface area contributed by atoms with Gasteiger partial charge in [-0.2, -0.15) is 0 Å². The number of hydrogen-bond donors (Lipinski definition) is 3. The predicted molar refractivity (Wildman–Crippen MR) is 103 cm³/mol. The van der Waals surface area contributed by atoms with Gasteiger partial charge in [0.1, 0.15) is 11.9 Å². The molecule has 2 unspecified atom stereocenters. The topological polar surface area (TPSA) is 84.6 Å². The van der Waals surface area contributed by atoms with E-state index in [1.54, 1.807) is 0 Å². The molecule has 1 aliphatic rings. The number of amides is 1. The van der Waals surface area contributed by atoms with Gasteiger partial charge in [-0.05, 0) is 61.6 Å². The minimum Gasteiger partial charge on any atom is -0.488 e. The van der Waals surface area contributed by atoms with E-state index in [9.17, 15) is 9.90 Å². The molecule has 0 aromatic heterocycles. The van der Waals surface area contributed by atoms with Gasteiger partial charge in [0.15, 0.2) is 0 Å². The van der Waals surface area contributed by atoms with E-state index in [1.165, 1.54) is 0 Å². The Bertz CT molecular complexity index is 730. The first-order chi connectivity index (χ1) is 12.6. The minimum absolute atomic E-state index is 0.0513. The molecule has 138 valence electrons. The lowest BCUT2D eigenvalue weighted by molar-refractivity contribution is -0.116. The Morgan fingerprint density at radius 2 is 1.85 bits per heavy atom. The fourth-order valence-electron chi connectivity index (χ4n) is 3.24. The molecule has 2 atom stereocenters. The zero-order valence-electron chi connectivity index (χ0n) is 14.9. The van der Waals surface area contributed by atoms with Crippen LogP contribution in [0.5, 0.6) is 5.75 Å². The van der Waals surface area contributed by atoms with Gasteiger partial charge in [-0.3, -0.25) is 4.79 Å². The van der Waals surface area contributed by atoms with Crippen LogP contribution in [0, 0.1) is 0 Å². The molecule has 1 amide bonds. The fraction of sp³-hybridized carbons (Fsp3) is 0.381. The van der Waals surface area contributed by atoms with Crippen LogP contribution in [0.15, 0.2) is 48.5 Å². The van der Waals surface area contributed by atoms with Crippen LogP contribution in [0.2, 0.25) is 0 Å². The average molecular weight is 354 g/mol. The van der Waals surface area contributed by atoms with E-state index in [0.29, 0.717) is 24.3 Å². The van der Waals surface area contributed by atoms with Crippen molar-refractivity contribution in [1.82, 2.24) is 0 Å². The maximum Gasteiger partial charge on any atom is 0.224 e. The number of ether oxygens (including phenoxy) is 1. The van der Waals surface area contributed by atoms with Crippen LogP contribution < -0.4 is 15.8 Å². The van der Waals surface area contributed by atoms with Crippen LogP contribution in [-0.2, 0) is 11.2 Å². The van der Waals surface area contributed by atoms with Gasteiger partial charge in [0, 0.05) is 17.8 Å². The van der Waals surface area contributed by atoms with Crippen LogP contribution in [0.25, 0.3) is 0 Å². The van der Waals surface area contributed by atoms with E-state index in [2.05, 4.69) is 5.32 Å². The van der Waals surface area contributed by atoms with Crippen molar-refractivity contribution in [3.05, 3.63) is 54.1 Å². The zero-order chi connectivity index (χ0) is 18.4. The molecule has 4 N–H and O–H groups in total. The second kappa shape index (κ2) is 8.72. The molecule has 5 nitrogen and oxygen atoms in total. The predicted octanol–water partition coefficient (Wildman–Crippen LogP) is 3.52. The van der Waals surface area contributed by atoms with E-state index < -0.39 is 6.10 Å². The van der Waals surface area contributed by atoms with E-state index >= 15 is 0 Å². The number of nitrogen functional groups attached to an aromatic ring is 1. The Morgan fingerprint density at radius 1 is 1.12 bits per heavy atom. The summed E-state index contributed by atoms with van der Waals surface area (Å²) < 4.78 is 5.87. The number of rotatable bonds is 6. The third kappa shape index (κ3) is 4.99. The standard InChI is InChI=1S/C21H26N2O3/c22-18-6-2-1-5-15(18)9-14-21(25)23-16-10-12-17(13-11-16)26-20-8-4-3-7-19(20)24/h1-2,5-6,10-13,19-20,24H,3-4,7-9,14,22H2,(H,23,25). The molecular weight excluding hydrogens is 328 g/mol. The van der Waals surface area contributed by atoms with Gasteiger partial charge in [0.2, 0.25) is 5.91 Å². The van der Waals surface area contributed by atoms with Crippen LogP contribution in [0.4, 0.5) is 11.4 Å². The third-order valence-corrected chi connectivity index (χ3v) is 4.77. The molecule has 0 spiro atoms. The van der Waals surface area contributed by atoms with Crippen molar-refractivity contribution < 1.29 is 14.6 Å². The molecule has 2 aromatic rings. The Hall–Kier alpha value is -2.53. The number of aryl methyl sites for hydroxylation is 1. The Kier molecular flexibility index (Phi) is 6.12. The summed E-state index contributed by atoms with van der Waals surface area (Å²) in [5.74, 6) is 0.663. The molecule has 5 heteroatoms. The highest BCUT2D eigenvalue weighted by Gasteiger charge is 2.24. The monoisotopic (exact) mass is 354 g/mol. The highest BCUT2D eigenvalue weighted by Crippen LogP contribution is 2.25. The first-order valence-electron chi connectivity index (χ1n) is 9.20. The van der Waals surface area contributed by atoms with Crippen molar-refractivity contribution in [3.8, 4) is 5.75 Å². The largest absolute Gasteiger partial charge is 0.488 e. The SMILES string of the molecule is Nc1ccccc1CCC(=O)Nc1ccc(OC2CCCCC2O)cc1. The molecule has 0 bridgehead atoms. The molecule has 2 aromatic carbocycles. The average Bonchev–Trinajstić information content (AvgIpc) is 2.64. The van der Waals surface area contributed by atoms with Crippen molar-refractivity contribution in [3.63, 3.8) is 0 Å². The summed E-state index contributed by atoms with van der Waals surface area (Å²) in [6.07, 6.45) is 4.27. The van der Waals surface area contributed by atoms with Crippen molar-refractivity contribution >= 4 is 17.3 Å². The summed E-state index contributed by atoms with van der Waals surface area (Å²) in [7, 11) is 0. The van der Waals surface area contributed by atoms with E-state index in [4.69, 9.17) is 10.5 Å². The number of nitrogens with one attached hydrogen (secondary N) is 1. The quantitative estimate of drug-likeness (QED) is 0.693. The summed E-state index contributed by atoms with van der Waals surface area (Å²) >= 11 is 0. The molecule has 1 saturated carbocycles. The van der Waals surface area contributed by atoms with E-state index in [-0.39, 0.29) is 12.0 Å². The smallest absolute Gasteiger partial charge is 0.224 e. The van der Waals surface area contributed by atoms with Gasteiger partial charge < -0.3 is 20.9 Å². The first kappa shape index (κ1) is 18.3. The molecule has 0 heterocycles. The number of anilines is 2. The lowest BCUT2D eigenvalue weighted by Crippen LogP contribution is -2.34. The van der Waals surface area contributed by atoms with Crippen molar-refractivity contribution in [2.24, 2.45) is 0 Å². The molecule has 3 rings (SSSR count). The normalized spacial score (nSPS) is 19.7. The summed E-state index contributed by atoms with van der Waals surface area (Å²) in [6.45, 7) is 0. The number of carbonyl (C=O) groups is 1. The lowest BCUT2D eigenvalue weighted by atomic mass is 9.95. The van der Waals surface area contributed by atoms with Gasteiger partial charge in [-0.25, -0.2) is 0 Å². The highest BCUT2D eigenvalue weighted by molar-refractivity contribution is 5.90. The Balaban J connectivity index is 1.49. The molecule has 0 saturated heterocycles. The lowest BCUT2D eigenvalue weighted by Gasteiger charge is -2.28. The van der Waals surface area contributed by atoms with Crippen molar-refractivity contribution in [1.29, 1.82) is 0 Å². The summed E-state index contributed by atoms with van der Waals surface area (Å²) in [4.78, 5) is 12.1. The molecule has 1 fully saturated rings. The number of hydrogen-bond acceptors (Lipinski definition) is 4. The third-order valence-electron chi connectivity index (χ3n) is 4.77. The van der Waals surface area contributed by atoms with Gasteiger partial charge in [0.05, 0.1) is 6.10 Å². The number of aliphatic hydroxyl groups is 1. The summed E-state index contributed by atoms with van der Waals surface area (Å²) in [6, 6.07) is 14.9. The number of aliphatic hydroxyl groups excluding tert-OH is 1. The summed E-state index contributed by atoms with van der Waals surface area (Å²) in [5, 5.41) is 12.9. The van der Waals surface area contributed by atoms with Crippen LogP contribution in [-0.4, -0.2) is 23.2 Å². The molecule has 0 aliphatic heterocycles. The Morgan fingerprint density at radius 3 is 2.58 bits per heavy atom. The molecule has 0 radical (unpaired) electrons. The van der Waals surface area contributed by atoms with Gasteiger partial charge in [-0.15, -0.1) is 0 Å². The maximum absolute atomic E-state index is 12.1. The zero-order valence-corrected chi connectivity index (χ0v) is 14.9. The van der Waals surface area contributed by atoms with Crippen LogP contribution in [0.3, 0.4) is 0 Å². The first-order valence-corrected chi connectivity index (χ1v) is 9.20. The van der Waals surface area contributed by atoms with E-state index in [0.717, 1.165) is 36.9 Å². The second-order valence-electron chi connectivity index (χ2n) is 6.78. The molecule has 1 aliphatic carbocycles. The Labute approximate surface area is 154 Å². The van der Waals surface area contributed by atoms with Crippen molar-refractivity contribution in [2.75, 3.05) is 11.1 Å². The van der Waals surface area contributed by atoms with Gasteiger partial charge in [-0.1, -0.05) is 24.6 Å².